The lowest BCUT2D eigenvalue weighted by atomic mass is 9.57. The Balaban J connectivity index is 1.32. The molecule has 1 aliphatic carbocycles. The lowest BCUT2D eigenvalue weighted by molar-refractivity contribution is -0.571. The van der Waals surface area contributed by atoms with Gasteiger partial charge >= 0.3 is 0 Å². The highest BCUT2D eigenvalue weighted by molar-refractivity contribution is 5.90. The molecule has 0 aromatic heterocycles. The molecule has 7 heteroatoms. The monoisotopic (exact) mass is 433 g/mol. The fraction of sp³-hybridized carbons (Fsp3) is 0.708. The van der Waals surface area contributed by atoms with Gasteiger partial charge in [-0.3, -0.25) is 4.79 Å². The summed E-state index contributed by atoms with van der Waals surface area (Å²) in [6.07, 6.45) is 4.12. The Morgan fingerprint density at radius 3 is 2.77 bits per heavy atom. The Labute approximate surface area is 182 Å². The topological polar surface area (TPSA) is 66.0 Å². The lowest BCUT2D eigenvalue weighted by Crippen LogP contribution is -2.70. The molecule has 6 nitrogen and oxygen atoms in total. The van der Waals surface area contributed by atoms with Crippen LogP contribution < -0.4 is 5.32 Å². The van der Waals surface area contributed by atoms with E-state index in [4.69, 9.17) is 19.2 Å². The van der Waals surface area contributed by atoms with Gasteiger partial charge in [0.1, 0.15) is 5.82 Å². The first-order valence-corrected chi connectivity index (χ1v) is 11.6. The molecule has 170 valence electrons. The van der Waals surface area contributed by atoms with E-state index in [9.17, 15) is 9.18 Å². The minimum atomic E-state index is -0.801. The highest BCUT2D eigenvalue weighted by Crippen LogP contribution is 2.60. The molecule has 1 saturated carbocycles. The zero-order valence-electron chi connectivity index (χ0n) is 18.4. The molecule has 5 aliphatic rings. The Hall–Kier alpha value is -1.54. The van der Waals surface area contributed by atoms with Gasteiger partial charge in [-0.1, -0.05) is 26.0 Å². The fourth-order valence-electron chi connectivity index (χ4n) is 6.36. The van der Waals surface area contributed by atoms with Gasteiger partial charge in [-0.05, 0) is 62.5 Å². The highest BCUT2D eigenvalue weighted by atomic mass is 19.1. The molecular formula is C24H32FNO5. The van der Waals surface area contributed by atoms with Gasteiger partial charge in [-0.25, -0.2) is 14.2 Å². The summed E-state index contributed by atoms with van der Waals surface area (Å²) in [5, 5.41) is 2.67. The molecule has 1 aromatic carbocycles. The van der Waals surface area contributed by atoms with Gasteiger partial charge in [-0.15, -0.1) is 0 Å². The van der Waals surface area contributed by atoms with E-state index in [0.717, 1.165) is 25.7 Å². The first-order valence-electron chi connectivity index (χ1n) is 11.6. The Kier molecular flexibility index (Phi) is 5.36. The van der Waals surface area contributed by atoms with Crippen LogP contribution in [0, 0.1) is 29.5 Å². The predicted octanol–water partition coefficient (Wildman–Crippen LogP) is 4.79. The summed E-state index contributed by atoms with van der Waals surface area (Å²) in [5.74, 6) is -0.164. The number of benzene rings is 1. The number of nitrogens with one attached hydrogen (secondary N) is 1. The molecule has 4 saturated heterocycles. The van der Waals surface area contributed by atoms with Gasteiger partial charge in [0.15, 0.2) is 11.9 Å². The summed E-state index contributed by atoms with van der Waals surface area (Å²) in [4.78, 5) is 24.5. The van der Waals surface area contributed by atoms with Gasteiger partial charge in [0.2, 0.25) is 11.7 Å². The number of hydrogen-bond acceptors (Lipinski definition) is 5. The lowest BCUT2D eigenvalue weighted by Gasteiger charge is -2.60. The predicted molar refractivity (Wildman–Crippen MR) is 111 cm³/mol. The zero-order valence-corrected chi connectivity index (χ0v) is 18.4. The van der Waals surface area contributed by atoms with Crippen molar-refractivity contribution >= 4 is 11.6 Å². The molecule has 1 aromatic rings. The number of amides is 1. The number of carbonyl (C=O) groups excluding carboxylic acids is 1. The number of rotatable bonds is 4. The third-order valence-electron chi connectivity index (χ3n) is 8.10. The van der Waals surface area contributed by atoms with Gasteiger partial charge in [0.25, 0.3) is 0 Å². The molecule has 2 bridgehead atoms. The van der Waals surface area contributed by atoms with Crippen molar-refractivity contribution in [3.63, 3.8) is 0 Å². The molecule has 0 radical (unpaired) electrons. The van der Waals surface area contributed by atoms with E-state index in [2.05, 4.69) is 19.2 Å². The van der Waals surface area contributed by atoms with Gasteiger partial charge in [0, 0.05) is 18.8 Å². The van der Waals surface area contributed by atoms with Crippen LogP contribution in [0.3, 0.4) is 0 Å². The molecule has 1 amide bonds. The average molecular weight is 434 g/mol. The van der Waals surface area contributed by atoms with Crippen LogP contribution >= 0.6 is 0 Å². The SMILES string of the molecule is C[C@H]1[C@@H](CCC(=O)Nc2ccccc2F)O[C@@H]2O[C@]3(C)CC[C@H]4[C@H](C)CC[C@@H]1[C@@]24OO3. The number of hydrogen-bond donors (Lipinski definition) is 1. The molecular weight excluding hydrogens is 401 g/mol. The standard InChI is InChI=1S/C24H32FNO5/c1-14-8-9-17-15(2)20(10-11-21(27)26-19-7-5-4-6-18(19)25)28-22-24(17)16(14)12-13-23(3,29-22)30-31-24/h4-7,14-17,20,22H,8-13H2,1-3H3,(H,26,27)/t14-,15-,16+,17+,20-,22-,23+,24-/m1/s1. The summed E-state index contributed by atoms with van der Waals surface area (Å²) in [5.41, 5.74) is -0.380. The smallest absolute Gasteiger partial charge is 0.224 e. The van der Waals surface area contributed by atoms with Crippen LogP contribution in [-0.4, -0.2) is 29.7 Å². The maximum atomic E-state index is 13.8. The van der Waals surface area contributed by atoms with Crippen LogP contribution in [-0.2, 0) is 24.0 Å². The maximum Gasteiger partial charge on any atom is 0.224 e. The van der Waals surface area contributed by atoms with Crippen molar-refractivity contribution in [1.82, 2.24) is 0 Å². The molecule has 4 heterocycles. The van der Waals surface area contributed by atoms with E-state index in [-0.39, 0.29) is 36.0 Å². The third-order valence-corrected chi connectivity index (χ3v) is 8.10. The second kappa shape index (κ2) is 7.80. The molecule has 0 unspecified atom stereocenters. The van der Waals surface area contributed by atoms with E-state index in [1.807, 2.05) is 6.92 Å². The van der Waals surface area contributed by atoms with E-state index < -0.39 is 23.5 Å². The summed E-state index contributed by atoms with van der Waals surface area (Å²) in [7, 11) is 0. The molecule has 8 atom stereocenters. The van der Waals surface area contributed by atoms with Crippen LogP contribution in [0.1, 0.15) is 59.3 Å². The summed E-state index contributed by atoms with van der Waals surface area (Å²) < 4.78 is 26.7. The maximum absolute atomic E-state index is 13.8. The van der Waals surface area contributed by atoms with Crippen LogP contribution in [0.4, 0.5) is 10.1 Å². The Morgan fingerprint density at radius 2 is 1.97 bits per heavy atom. The van der Waals surface area contributed by atoms with E-state index in [1.54, 1.807) is 18.2 Å². The minimum Gasteiger partial charge on any atom is -0.346 e. The number of carbonyl (C=O) groups is 1. The molecule has 1 spiro atoms. The van der Waals surface area contributed by atoms with Crippen LogP contribution in [0.5, 0.6) is 0 Å². The van der Waals surface area contributed by atoms with Crippen LogP contribution in [0.25, 0.3) is 0 Å². The first kappa shape index (κ1) is 21.3. The van der Waals surface area contributed by atoms with Crippen molar-refractivity contribution in [1.29, 1.82) is 0 Å². The van der Waals surface area contributed by atoms with Gasteiger partial charge in [0.05, 0.1) is 11.8 Å². The molecule has 4 aliphatic heterocycles. The minimum absolute atomic E-state index is 0.132. The zero-order chi connectivity index (χ0) is 21.8. The number of fused-ring (bicyclic) bond motifs is 2. The number of anilines is 1. The van der Waals surface area contributed by atoms with Crippen LogP contribution in [0.2, 0.25) is 0 Å². The summed E-state index contributed by atoms with van der Waals surface area (Å²) in [6, 6.07) is 6.20. The van der Waals surface area contributed by atoms with Crippen molar-refractivity contribution < 1.29 is 28.4 Å². The Morgan fingerprint density at radius 1 is 1.16 bits per heavy atom. The van der Waals surface area contributed by atoms with E-state index in [1.165, 1.54) is 6.07 Å². The van der Waals surface area contributed by atoms with E-state index in [0.29, 0.717) is 18.3 Å². The molecule has 31 heavy (non-hydrogen) atoms. The van der Waals surface area contributed by atoms with Gasteiger partial charge in [-0.2, -0.15) is 0 Å². The third kappa shape index (κ3) is 3.50. The highest BCUT2D eigenvalue weighted by Gasteiger charge is 2.69. The molecule has 6 rings (SSSR count). The normalized spacial score (nSPS) is 43.7. The van der Waals surface area contributed by atoms with E-state index >= 15 is 0 Å². The van der Waals surface area contributed by atoms with Crippen molar-refractivity contribution in [2.75, 3.05) is 5.32 Å². The summed E-state index contributed by atoms with van der Waals surface area (Å²) >= 11 is 0. The van der Waals surface area contributed by atoms with Crippen molar-refractivity contribution in [3.05, 3.63) is 30.1 Å². The first-order chi connectivity index (χ1) is 14.8. The quantitative estimate of drug-likeness (QED) is 0.692. The largest absolute Gasteiger partial charge is 0.346 e. The number of halogens is 1. The Bertz CT molecular complexity index is 851. The van der Waals surface area contributed by atoms with Crippen molar-refractivity contribution in [2.24, 2.45) is 23.7 Å². The fourth-order valence-corrected chi connectivity index (χ4v) is 6.36. The van der Waals surface area contributed by atoms with Gasteiger partial charge < -0.3 is 14.8 Å². The van der Waals surface area contributed by atoms with Crippen molar-refractivity contribution in [2.45, 2.75) is 83.1 Å². The van der Waals surface area contributed by atoms with Crippen molar-refractivity contribution in [3.8, 4) is 0 Å². The molecule has 1 N–H and O–H groups in total. The average Bonchev–Trinajstić information content (AvgIpc) is 2.97. The van der Waals surface area contributed by atoms with Crippen LogP contribution in [0.15, 0.2) is 24.3 Å². The summed E-state index contributed by atoms with van der Waals surface area (Å²) in [6.45, 7) is 6.39. The second-order valence-corrected chi connectivity index (χ2v) is 10.0. The second-order valence-electron chi connectivity index (χ2n) is 10.0. The number of para-hydroxylation sites is 1. The molecule has 5 fully saturated rings. The number of ether oxygens (including phenoxy) is 2.